The number of anilines is 1. The van der Waals surface area contributed by atoms with Gasteiger partial charge in [0.15, 0.2) is 5.82 Å². The van der Waals surface area contributed by atoms with Crippen molar-refractivity contribution in [1.82, 2.24) is 19.6 Å². The lowest BCUT2D eigenvalue weighted by molar-refractivity contribution is -0.116. The van der Waals surface area contributed by atoms with Crippen molar-refractivity contribution in [2.24, 2.45) is 0 Å². The molecule has 0 fully saturated rings. The minimum Gasteiger partial charge on any atom is -0.309 e. The molecule has 6 nitrogen and oxygen atoms in total. The number of benzene rings is 1. The van der Waals surface area contributed by atoms with Gasteiger partial charge in [-0.2, -0.15) is 10.2 Å². The second kappa shape index (κ2) is 7.65. The predicted molar refractivity (Wildman–Crippen MR) is 100 cm³/mol. The predicted octanol–water partition coefficient (Wildman–Crippen LogP) is 3.54. The largest absolute Gasteiger partial charge is 0.309 e. The van der Waals surface area contributed by atoms with Gasteiger partial charge in [0.25, 0.3) is 0 Å². The number of nitrogens with zero attached hydrogens (tertiary/aromatic N) is 4. The first-order chi connectivity index (χ1) is 12.0. The van der Waals surface area contributed by atoms with E-state index in [9.17, 15) is 4.79 Å². The molecule has 3 rings (SSSR count). The number of hydrogen-bond donors (Lipinski definition) is 1. The van der Waals surface area contributed by atoms with E-state index in [1.54, 1.807) is 10.7 Å². The first-order valence-electron chi connectivity index (χ1n) is 8.08. The molecule has 0 unspecified atom stereocenters. The van der Waals surface area contributed by atoms with Gasteiger partial charge in [-0.25, -0.2) is 0 Å². The van der Waals surface area contributed by atoms with Crippen LogP contribution in [0.1, 0.15) is 23.2 Å². The van der Waals surface area contributed by atoms with Crippen molar-refractivity contribution < 1.29 is 4.79 Å². The SMILES string of the molecule is Cc1ccc(Cn2ccc(NC(=O)CCn3cc(Br)c(C)n3)n2)cc1. The van der Waals surface area contributed by atoms with Gasteiger partial charge in [0, 0.05) is 31.4 Å². The molecule has 0 saturated heterocycles. The Morgan fingerprint density at radius 1 is 1.12 bits per heavy atom. The molecule has 25 heavy (non-hydrogen) atoms. The van der Waals surface area contributed by atoms with Crippen LogP contribution in [0.4, 0.5) is 5.82 Å². The van der Waals surface area contributed by atoms with Crippen molar-refractivity contribution in [1.29, 1.82) is 0 Å². The third kappa shape index (κ3) is 4.79. The van der Waals surface area contributed by atoms with Crippen molar-refractivity contribution in [2.45, 2.75) is 33.4 Å². The lowest BCUT2D eigenvalue weighted by Crippen LogP contribution is -2.15. The minimum atomic E-state index is -0.0788. The molecule has 0 bridgehead atoms. The normalized spacial score (nSPS) is 10.8. The molecule has 0 aliphatic heterocycles. The van der Waals surface area contributed by atoms with E-state index in [1.165, 1.54) is 11.1 Å². The summed E-state index contributed by atoms with van der Waals surface area (Å²) in [4.78, 5) is 12.1. The molecule has 1 N–H and O–H groups in total. The molecule has 2 aromatic heterocycles. The number of carbonyl (C=O) groups excluding carboxylic acids is 1. The Hall–Kier alpha value is -2.41. The summed E-state index contributed by atoms with van der Waals surface area (Å²) in [5, 5.41) is 11.5. The third-order valence-electron chi connectivity index (χ3n) is 3.83. The molecule has 0 spiro atoms. The number of hydrogen-bond acceptors (Lipinski definition) is 3. The Kier molecular flexibility index (Phi) is 5.33. The number of rotatable bonds is 6. The molecule has 3 aromatic rings. The second-order valence-electron chi connectivity index (χ2n) is 6.01. The van der Waals surface area contributed by atoms with Crippen molar-refractivity contribution in [3.63, 3.8) is 0 Å². The first-order valence-corrected chi connectivity index (χ1v) is 8.87. The van der Waals surface area contributed by atoms with E-state index in [4.69, 9.17) is 0 Å². The van der Waals surface area contributed by atoms with E-state index in [-0.39, 0.29) is 5.91 Å². The highest BCUT2D eigenvalue weighted by atomic mass is 79.9. The molecule has 1 amide bonds. The maximum absolute atomic E-state index is 12.1. The lowest BCUT2D eigenvalue weighted by Gasteiger charge is -2.04. The summed E-state index contributed by atoms with van der Waals surface area (Å²) < 4.78 is 4.52. The third-order valence-corrected chi connectivity index (χ3v) is 4.61. The summed E-state index contributed by atoms with van der Waals surface area (Å²) in [6, 6.07) is 10.1. The summed E-state index contributed by atoms with van der Waals surface area (Å²) in [5.41, 5.74) is 3.32. The summed E-state index contributed by atoms with van der Waals surface area (Å²) in [6.45, 7) is 5.19. The number of aryl methyl sites for hydroxylation is 3. The molecule has 0 atom stereocenters. The Balaban J connectivity index is 1.51. The Morgan fingerprint density at radius 2 is 1.88 bits per heavy atom. The molecule has 0 aliphatic rings. The maximum atomic E-state index is 12.1. The topological polar surface area (TPSA) is 64.7 Å². The standard InChI is InChI=1S/C18H20BrN5O/c1-13-3-5-15(6-4-13)11-23-9-7-17(22-23)20-18(25)8-10-24-12-16(19)14(2)21-24/h3-7,9,12H,8,10-11H2,1-2H3,(H,20,22,25). The highest BCUT2D eigenvalue weighted by Crippen LogP contribution is 2.13. The summed E-state index contributed by atoms with van der Waals surface area (Å²) in [7, 11) is 0. The summed E-state index contributed by atoms with van der Waals surface area (Å²) in [6.07, 6.45) is 4.08. The van der Waals surface area contributed by atoms with Crippen molar-refractivity contribution in [2.75, 3.05) is 5.32 Å². The van der Waals surface area contributed by atoms with Gasteiger partial charge in [0.05, 0.1) is 16.7 Å². The molecular weight excluding hydrogens is 382 g/mol. The van der Waals surface area contributed by atoms with Crippen molar-refractivity contribution in [3.8, 4) is 0 Å². The van der Waals surface area contributed by atoms with Crippen molar-refractivity contribution >= 4 is 27.7 Å². The summed E-state index contributed by atoms with van der Waals surface area (Å²) >= 11 is 3.41. The van der Waals surface area contributed by atoms with E-state index >= 15 is 0 Å². The van der Waals surface area contributed by atoms with E-state index in [0.717, 1.165) is 10.2 Å². The van der Waals surface area contributed by atoms with Crippen molar-refractivity contribution in [3.05, 3.63) is 64.0 Å². The van der Waals surface area contributed by atoms with Crippen LogP contribution in [0, 0.1) is 13.8 Å². The van der Waals surface area contributed by atoms with Crippen LogP contribution in [-0.4, -0.2) is 25.5 Å². The van der Waals surface area contributed by atoms with Gasteiger partial charge in [-0.3, -0.25) is 14.2 Å². The average Bonchev–Trinajstić information content (AvgIpc) is 3.14. The minimum absolute atomic E-state index is 0.0788. The Labute approximate surface area is 155 Å². The van der Waals surface area contributed by atoms with Crippen LogP contribution in [0.15, 0.2) is 47.2 Å². The van der Waals surface area contributed by atoms with E-state index in [0.29, 0.717) is 25.3 Å². The van der Waals surface area contributed by atoms with Crippen LogP contribution in [0.25, 0.3) is 0 Å². The second-order valence-corrected chi connectivity index (χ2v) is 6.86. The van der Waals surface area contributed by atoms with Crippen LogP contribution in [0.2, 0.25) is 0 Å². The van der Waals surface area contributed by atoms with Crippen LogP contribution in [-0.2, 0) is 17.9 Å². The molecule has 130 valence electrons. The molecular formula is C18H20BrN5O. The van der Waals surface area contributed by atoms with Gasteiger partial charge in [-0.1, -0.05) is 29.8 Å². The van der Waals surface area contributed by atoms with Crippen LogP contribution in [0.5, 0.6) is 0 Å². The van der Waals surface area contributed by atoms with Gasteiger partial charge in [-0.05, 0) is 35.3 Å². The Bertz CT molecular complexity index is 846. The van der Waals surface area contributed by atoms with Crippen LogP contribution < -0.4 is 5.32 Å². The molecule has 2 heterocycles. The average molecular weight is 402 g/mol. The van der Waals surface area contributed by atoms with E-state index in [1.807, 2.05) is 24.0 Å². The van der Waals surface area contributed by atoms with E-state index < -0.39 is 0 Å². The zero-order chi connectivity index (χ0) is 17.8. The zero-order valence-electron chi connectivity index (χ0n) is 14.2. The molecule has 0 radical (unpaired) electrons. The van der Waals surface area contributed by atoms with Gasteiger partial charge < -0.3 is 5.32 Å². The molecule has 1 aromatic carbocycles. The number of aromatic nitrogens is 4. The monoisotopic (exact) mass is 401 g/mol. The fourth-order valence-electron chi connectivity index (χ4n) is 2.43. The molecule has 0 aliphatic carbocycles. The first kappa shape index (κ1) is 17.4. The van der Waals surface area contributed by atoms with Crippen LogP contribution >= 0.6 is 15.9 Å². The van der Waals surface area contributed by atoms with Gasteiger partial charge in [0.2, 0.25) is 5.91 Å². The zero-order valence-corrected chi connectivity index (χ0v) is 15.8. The number of halogens is 1. The maximum Gasteiger partial charge on any atom is 0.227 e. The highest BCUT2D eigenvalue weighted by molar-refractivity contribution is 9.10. The van der Waals surface area contributed by atoms with Crippen LogP contribution in [0.3, 0.4) is 0 Å². The molecule has 0 saturated carbocycles. The molecule has 7 heteroatoms. The summed E-state index contributed by atoms with van der Waals surface area (Å²) in [5.74, 6) is 0.486. The number of amides is 1. The van der Waals surface area contributed by atoms with E-state index in [2.05, 4.69) is 62.6 Å². The fourth-order valence-corrected chi connectivity index (χ4v) is 2.74. The Morgan fingerprint density at radius 3 is 2.56 bits per heavy atom. The number of nitrogens with one attached hydrogen (secondary N) is 1. The van der Waals surface area contributed by atoms with Gasteiger partial charge >= 0.3 is 0 Å². The lowest BCUT2D eigenvalue weighted by atomic mass is 10.1. The smallest absolute Gasteiger partial charge is 0.227 e. The number of carbonyl (C=O) groups is 1. The highest BCUT2D eigenvalue weighted by Gasteiger charge is 2.07. The van der Waals surface area contributed by atoms with Gasteiger partial charge in [0.1, 0.15) is 0 Å². The quantitative estimate of drug-likeness (QED) is 0.686. The van der Waals surface area contributed by atoms with Gasteiger partial charge in [-0.15, -0.1) is 0 Å². The fraction of sp³-hybridized carbons (Fsp3) is 0.278.